The molecule has 0 saturated heterocycles. The predicted octanol–water partition coefficient (Wildman–Crippen LogP) is 14.9. The van der Waals surface area contributed by atoms with Crippen LogP contribution in [0.4, 0.5) is 0 Å². The van der Waals surface area contributed by atoms with Crippen molar-refractivity contribution in [2.24, 2.45) is 0 Å². The topological polar surface area (TPSA) is 83.0 Å². The molecule has 0 aliphatic carbocycles. The molecule has 0 fully saturated rings. The van der Waals surface area contributed by atoms with Crippen LogP contribution in [0.5, 0.6) is 11.5 Å². The molecule has 16 rings (SSSR count). The van der Waals surface area contributed by atoms with Gasteiger partial charge in [-0.2, -0.15) is 0 Å². The molecule has 8 nitrogen and oxygen atoms in total. The Labute approximate surface area is 505 Å². The molecule has 0 unspecified atom stereocenters. The molecule has 4 aromatic heterocycles. The van der Waals surface area contributed by atoms with Gasteiger partial charge in [0.25, 0.3) is 0 Å². The first kappa shape index (κ1) is 51.5. The van der Waals surface area contributed by atoms with E-state index in [0.29, 0.717) is 24.5 Å². The molecule has 0 N–H and O–H groups in total. The van der Waals surface area contributed by atoms with Crippen molar-refractivity contribution in [3.05, 3.63) is 332 Å². The Morgan fingerprint density at radius 2 is 0.816 bits per heavy atom. The van der Waals surface area contributed by atoms with Gasteiger partial charge < -0.3 is 4.74 Å². The Morgan fingerprint density at radius 3 is 1.40 bits per heavy atom. The van der Waals surface area contributed by atoms with E-state index in [-0.39, 0.29) is 0 Å². The number of rotatable bonds is 13. The first-order valence-corrected chi connectivity index (χ1v) is 31.6. The Balaban J connectivity index is 0.989. The summed E-state index contributed by atoms with van der Waals surface area (Å²) < 4.78 is 12.4. The second-order valence-corrected chi connectivity index (χ2v) is 26.2. The second-order valence-electron chi connectivity index (χ2n) is 22.4. The summed E-state index contributed by atoms with van der Waals surface area (Å²) in [6.07, 6.45) is 0.931. The number of benzene rings is 11. The van der Waals surface area contributed by atoms with E-state index in [1.54, 1.807) is 0 Å². The van der Waals surface area contributed by atoms with Gasteiger partial charge in [0.15, 0.2) is 19.7 Å². The van der Waals surface area contributed by atoms with Crippen LogP contribution in [-0.4, -0.2) is 42.0 Å². The van der Waals surface area contributed by atoms with Crippen molar-refractivity contribution in [1.29, 1.82) is 0 Å². The van der Waals surface area contributed by atoms with Gasteiger partial charge in [-0.3, -0.25) is 8.97 Å². The maximum atomic E-state index is 7.78. The van der Waals surface area contributed by atoms with Crippen molar-refractivity contribution in [2.75, 3.05) is 0 Å². The van der Waals surface area contributed by atoms with Crippen LogP contribution in [-0.2, 0) is 18.3 Å². The summed E-state index contributed by atoms with van der Waals surface area (Å²) in [6.45, 7) is 0. The number of aromatic nitrogens is 7. The third-order valence-electron chi connectivity index (χ3n) is 17.3. The van der Waals surface area contributed by atoms with Crippen LogP contribution in [0.25, 0.3) is 78.8 Å². The van der Waals surface area contributed by atoms with Crippen molar-refractivity contribution in [1.82, 2.24) is 33.9 Å². The molecule has 9 heteroatoms. The Bertz CT molecular complexity index is 4730. The average Bonchev–Trinajstić information content (AvgIpc) is 1.16. The molecule has 0 bridgehead atoms. The molecule has 15 aromatic rings. The molecule has 0 radical (unpaired) electrons. The van der Waals surface area contributed by atoms with Crippen molar-refractivity contribution >= 4 is 56.7 Å². The fraction of sp³-hybridized carbons (Fsp3) is 0.0385. The van der Waals surface area contributed by atoms with Crippen molar-refractivity contribution < 1.29 is 4.74 Å². The highest BCUT2D eigenvalue weighted by molar-refractivity contribution is 7.20. The lowest BCUT2D eigenvalue weighted by Crippen LogP contribution is -2.75. The summed E-state index contributed by atoms with van der Waals surface area (Å²) >= 11 is 0. The minimum absolute atomic E-state index is 0.466. The zero-order valence-electron chi connectivity index (χ0n) is 47.4. The van der Waals surface area contributed by atoms with Gasteiger partial charge in [-0.1, -0.05) is 255 Å². The fourth-order valence-electron chi connectivity index (χ4n) is 13.5. The number of nitrogens with zero attached hydrogens (tertiary/aromatic N) is 7. The van der Waals surface area contributed by atoms with E-state index in [1.165, 1.54) is 15.6 Å². The summed E-state index contributed by atoms with van der Waals surface area (Å²) in [6, 6.07) is 110. The minimum Gasteiger partial charge on any atom is -0.457 e. The first-order valence-electron chi connectivity index (χ1n) is 29.6. The Kier molecular flexibility index (Phi) is 12.7. The van der Waals surface area contributed by atoms with Gasteiger partial charge in [0.05, 0.1) is 33.5 Å². The molecule has 5 heterocycles. The molecule has 0 spiro atoms. The molecule has 412 valence electrons. The molecule has 0 atom stereocenters. The van der Waals surface area contributed by atoms with Crippen molar-refractivity contribution in [3.63, 3.8) is 0 Å². The third-order valence-corrected chi connectivity index (χ3v) is 22.1. The van der Waals surface area contributed by atoms with Crippen LogP contribution >= 0.6 is 0 Å². The van der Waals surface area contributed by atoms with E-state index in [2.05, 4.69) is 294 Å². The lowest BCUT2D eigenvalue weighted by molar-refractivity contribution is 0.384. The van der Waals surface area contributed by atoms with E-state index in [9.17, 15) is 0 Å². The zero-order valence-corrected chi connectivity index (χ0v) is 48.4. The van der Waals surface area contributed by atoms with Gasteiger partial charge in [-0.05, 0) is 75.3 Å². The second kappa shape index (κ2) is 21.5. The normalized spacial score (nSPS) is 12.6. The predicted molar refractivity (Wildman–Crippen MR) is 354 cm³/mol. The minimum atomic E-state index is -3.49. The largest absolute Gasteiger partial charge is 0.457 e. The van der Waals surface area contributed by atoms with Gasteiger partial charge in [0, 0.05) is 68.7 Å². The summed E-state index contributed by atoms with van der Waals surface area (Å²) in [5, 5.41) is 4.75. The molecule has 87 heavy (non-hydrogen) atoms. The maximum absolute atomic E-state index is 7.78. The van der Waals surface area contributed by atoms with Crippen LogP contribution in [0.2, 0.25) is 0 Å². The summed E-state index contributed by atoms with van der Waals surface area (Å²) in [7, 11) is -3.49. The van der Waals surface area contributed by atoms with E-state index in [1.807, 2.05) is 24.3 Å². The summed E-state index contributed by atoms with van der Waals surface area (Å²) in [5.41, 5.74) is 13.8. The number of imidazole rings is 2. The molecule has 1 aliphatic rings. The quantitative estimate of drug-likeness (QED) is 0.0845. The Hall–Kier alpha value is -11.1. The first-order chi connectivity index (χ1) is 43.1. The van der Waals surface area contributed by atoms with E-state index >= 15 is 0 Å². The lowest BCUT2D eigenvalue weighted by Gasteiger charge is -2.43. The Morgan fingerprint density at radius 1 is 0.356 bits per heavy atom. The van der Waals surface area contributed by atoms with E-state index in [4.69, 9.17) is 29.7 Å². The summed E-state index contributed by atoms with van der Waals surface area (Å²) in [4.78, 5) is 27.2. The fourth-order valence-corrected chi connectivity index (χ4v) is 18.4. The third kappa shape index (κ3) is 8.86. The maximum Gasteiger partial charge on any atom is 0.220 e. The highest BCUT2D eigenvalue weighted by Crippen LogP contribution is 2.52. The van der Waals surface area contributed by atoms with Gasteiger partial charge in [0.2, 0.25) is 5.78 Å². The van der Waals surface area contributed by atoms with Crippen LogP contribution in [0.1, 0.15) is 22.5 Å². The van der Waals surface area contributed by atoms with Crippen LogP contribution in [0, 0.1) is 0 Å². The van der Waals surface area contributed by atoms with E-state index in [0.717, 1.165) is 106 Å². The zero-order chi connectivity index (χ0) is 57.7. The standard InChI is InChI=1S/C78H55N7OSi/c1-7-27-54(28-8-1)67-49-58(79-75(81-67)56-31-11-3-12-32-56)52-78(53-59-50-68(55-29-9-2-10-30-55)82-76(80-59)57-33-13-4-14-34-57)64-41-19-24-47-72(64)86-74-65(78)42-26-48-73(74)87(61-36-15-5-16-37-61,62-38-17-6-18-39-62)63-40-25-35-60(51-63)84-70-45-22-23-46-71(70)85-69-44-21-20-43-66(69)83-77(84)85/h1-51H,52-53H2. The van der Waals surface area contributed by atoms with Crippen LogP contribution in [0.3, 0.4) is 0 Å². The van der Waals surface area contributed by atoms with Gasteiger partial charge >= 0.3 is 0 Å². The van der Waals surface area contributed by atoms with Crippen molar-refractivity contribution in [3.8, 4) is 62.5 Å². The average molecular weight is 1130 g/mol. The number of hydrogen-bond acceptors (Lipinski definition) is 6. The SMILES string of the molecule is c1ccc(-c2cc(CC3(Cc4cc(-c5ccccc5)nc(-c5ccccc5)n4)c4ccccc4Oc4c3cccc4[Si](c3ccccc3)(c3ccccc3)c3cccc(-n4c5ccccc5n5c6ccccc6nc45)c3)nc(-c3ccccc3)n2)cc1. The van der Waals surface area contributed by atoms with Crippen LogP contribution in [0.15, 0.2) is 309 Å². The number of para-hydroxylation sites is 6. The highest BCUT2D eigenvalue weighted by atomic mass is 28.3. The van der Waals surface area contributed by atoms with Crippen LogP contribution < -0.4 is 25.5 Å². The summed E-state index contributed by atoms with van der Waals surface area (Å²) in [5.74, 6) is 3.78. The molecule has 0 saturated carbocycles. The molecular formula is C78H55N7OSi. The smallest absolute Gasteiger partial charge is 0.220 e. The van der Waals surface area contributed by atoms with Gasteiger partial charge in [-0.15, -0.1) is 0 Å². The van der Waals surface area contributed by atoms with Crippen molar-refractivity contribution in [2.45, 2.75) is 18.3 Å². The highest BCUT2D eigenvalue weighted by Gasteiger charge is 2.50. The molecular weight excluding hydrogens is 1080 g/mol. The van der Waals surface area contributed by atoms with Gasteiger partial charge in [0.1, 0.15) is 11.5 Å². The number of hydrogen-bond donors (Lipinski definition) is 0. The monoisotopic (exact) mass is 1130 g/mol. The van der Waals surface area contributed by atoms with E-state index < -0.39 is 13.5 Å². The molecule has 11 aromatic carbocycles. The lowest BCUT2D eigenvalue weighted by atomic mass is 9.66. The molecule has 0 amide bonds. The number of ether oxygens (including phenoxy) is 1. The molecule has 1 aliphatic heterocycles. The van der Waals surface area contributed by atoms with Gasteiger partial charge in [-0.25, -0.2) is 24.9 Å². The number of fused-ring (bicyclic) bond motifs is 7.